The van der Waals surface area contributed by atoms with Crippen LogP contribution in [0.5, 0.6) is 0 Å². The van der Waals surface area contributed by atoms with Gasteiger partial charge in [0.05, 0.1) is 6.61 Å². The van der Waals surface area contributed by atoms with Crippen LogP contribution in [0.25, 0.3) is 0 Å². The summed E-state index contributed by atoms with van der Waals surface area (Å²) in [6.07, 6.45) is 1.01. The van der Waals surface area contributed by atoms with E-state index in [0.717, 1.165) is 18.2 Å². The van der Waals surface area contributed by atoms with Crippen LogP contribution < -0.4 is 16.4 Å². The van der Waals surface area contributed by atoms with E-state index in [1.807, 2.05) is 6.92 Å². The molecule has 0 aromatic carbocycles. The van der Waals surface area contributed by atoms with Crippen molar-refractivity contribution in [1.82, 2.24) is 10.6 Å². The Morgan fingerprint density at radius 3 is 2.38 bits per heavy atom. The summed E-state index contributed by atoms with van der Waals surface area (Å²) < 4.78 is 4.93. The third-order valence-corrected chi connectivity index (χ3v) is 4.72. The number of carbonyl (C=O) groups excluding carboxylic acids is 3. The van der Waals surface area contributed by atoms with E-state index in [1.54, 1.807) is 0 Å². The maximum Gasteiger partial charge on any atom is 0.356 e. The van der Waals surface area contributed by atoms with Gasteiger partial charge in [0.15, 0.2) is 5.71 Å². The molecular weight excluding hydrogens is 472 g/mol. The molecule has 0 spiro atoms. The zero-order valence-corrected chi connectivity index (χ0v) is 19.1. The molecule has 0 fully saturated rings. The monoisotopic (exact) mass is 500 g/mol. The Hall–Kier alpha value is -2.58. The van der Waals surface area contributed by atoms with Crippen LogP contribution in [0.3, 0.4) is 0 Å². The van der Waals surface area contributed by atoms with Crippen molar-refractivity contribution in [2.24, 2.45) is 10.9 Å². The van der Waals surface area contributed by atoms with Crippen LogP contribution in [0.1, 0.15) is 32.6 Å². The van der Waals surface area contributed by atoms with Crippen LogP contribution in [-0.2, 0) is 28.7 Å². The number of unbranched alkanes of at least 4 members (excludes halogenated alkanes) is 1. The third kappa shape index (κ3) is 14.4. The normalized spacial score (nSPS) is 12.6. The van der Waals surface area contributed by atoms with Gasteiger partial charge in [-0.3, -0.25) is 19.2 Å². The smallest absolute Gasteiger partial charge is 0.356 e. The fourth-order valence-electron chi connectivity index (χ4n) is 1.94. The summed E-state index contributed by atoms with van der Waals surface area (Å²) in [5, 5.41) is 33.8. The fourth-order valence-corrected chi connectivity index (χ4v) is 2.90. The van der Waals surface area contributed by atoms with E-state index in [4.69, 9.17) is 25.9 Å². The van der Waals surface area contributed by atoms with Crippen molar-refractivity contribution in [3.8, 4) is 0 Å². The number of oxime groups is 1. The topological polar surface area (TPSA) is 218 Å². The number of thioether (sulfide) groups is 1. The number of nitrogens with two attached hydrogens (primary N) is 1. The standard InChI is InChI=1S/C17H28N4O9S.ClH/c1-2-3-6-30-17(28)12(21-29)9-31-8-11(15(25)19-7-14(23)24)20-13(22)5-4-10(18)16(26)27;/h10-11,29H,2-9,18H2,1H3,(H,19,25)(H,20,22)(H,23,24)(H,26,27);1H/b21-12-;. The number of esters is 1. The molecule has 0 aliphatic carbocycles. The van der Waals surface area contributed by atoms with Crippen molar-refractivity contribution in [2.75, 3.05) is 24.7 Å². The summed E-state index contributed by atoms with van der Waals surface area (Å²) in [7, 11) is 0. The highest BCUT2D eigenvalue weighted by atomic mass is 35.5. The molecule has 13 nitrogen and oxygen atoms in total. The van der Waals surface area contributed by atoms with Crippen LogP contribution in [0.4, 0.5) is 0 Å². The highest BCUT2D eigenvalue weighted by molar-refractivity contribution is 8.00. The van der Waals surface area contributed by atoms with Crippen molar-refractivity contribution < 1.29 is 44.1 Å². The van der Waals surface area contributed by atoms with Gasteiger partial charge in [0.1, 0.15) is 18.6 Å². The Morgan fingerprint density at radius 2 is 1.84 bits per heavy atom. The number of hydrogen-bond acceptors (Lipinski definition) is 10. The lowest BCUT2D eigenvalue weighted by Crippen LogP contribution is -2.49. The van der Waals surface area contributed by atoms with Crippen molar-refractivity contribution >= 4 is 59.6 Å². The highest BCUT2D eigenvalue weighted by Crippen LogP contribution is 2.07. The lowest BCUT2D eigenvalue weighted by Gasteiger charge is -2.18. The molecule has 0 bridgehead atoms. The van der Waals surface area contributed by atoms with Gasteiger partial charge in [-0.15, -0.1) is 12.4 Å². The fraction of sp³-hybridized carbons (Fsp3) is 0.647. The lowest BCUT2D eigenvalue weighted by molar-refractivity contribution is -0.139. The second kappa shape index (κ2) is 18.0. The Bertz CT molecular complexity index is 678. The van der Waals surface area contributed by atoms with Gasteiger partial charge in [-0.1, -0.05) is 18.5 Å². The number of ether oxygens (including phenoxy) is 1. The molecule has 0 rings (SSSR count). The van der Waals surface area contributed by atoms with Gasteiger partial charge in [-0.25, -0.2) is 4.79 Å². The zero-order chi connectivity index (χ0) is 23.8. The van der Waals surface area contributed by atoms with Crippen molar-refractivity contribution in [3.63, 3.8) is 0 Å². The number of rotatable bonds is 16. The Morgan fingerprint density at radius 1 is 1.19 bits per heavy atom. The molecule has 32 heavy (non-hydrogen) atoms. The number of carboxylic acids is 2. The van der Waals surface area contributed by atoms with Gasteiger partial charge < -0.3 is 36.5 Å². The SMILES string of the molecule is CCCCOC(=O)/C(CSCC(NC(=O)CCC(N)C(=O)O)C(=O)NCC(=O)O)=N\O.Cl. The van der Waals surface area contributed by atoms with Gasteiger partial charge in [0.2, 0.25) is 11.8 Å². The Balaban J connectivity index is 0. The molecule has 0 saturated carbocycles. The highest BCUT2D eigenvalue weighted by Gasteiger charge is 2.23. The van der Waals surface area contributed by atoms with Gasteiger partial charge in [-0.05, 0) is 12.8 Å². The number of carboxylic acid groups (broad SMARTS) is 2. The second-order valence-electron chi connectivity index (χ2n) is 6.27. The van der Waals surface area contributed by atoms with Crippen molar-refractivity contribution in [2.45, 2.75) is 44.7 Å². The quantitative estimate of drug-likeness (QED) is 0.0506. The van der Waals surface area contributed by atoms with E-state index in [9.17, 15) is 24.0 Å². The van der Waals surface area contributed by atoms with Crippen LogP contribution in [0, 0.1) is 0 Å². The molecule has 2 amide bonds. The first-order valence-electron chi connectivity index (χ1n) is 9.35. The lowest BCUT2D eigenvalue weighted by atomic mass is 10.1. The average Bonchev–Trinajstić information content (AvgIpc) is 2.72. The van der Waals surface area contributed by atoms with Crippen LogP contribution >= 0.6 is 24.2 Å². The maximum atomic E-state index is 12.2. The predicted molar refractivity (Wildman–Crippen MR) is 117 cm³/mol. The molecule has 184 valence electrons. The molecule has 0 aromatic heterocycles. The summed E-state index contributed by atoms with van der Waals surface area (Å²) in [5.41, 5.74) is 5.04. The summed E-state index contributed by atoms with van der Waals surface area (Å²) in [4.78, 5) is 57.4. The molecule has 0 saturated heterocycles. The number of amides is 2. The largest absolute Gasteiger partial charge is 0.480 e. The molecule has 0 aliphatic rings. The number of aliphatic carboxylic acids is 2. The first-order chi connectivity index (χ1) is 14.6. The molecule has 15 heteroatoms. The Labute approximate surface area is 194 Å². The van der Waals surface area contributed by atoms with E-state index >= 15 is 0 Å². The van der Waals surface area contributed by atoms with E-state index in [1.165, 1.54) is 0 Å². The number of nitrogens with zero attached hydrogens (tertiary/aromatic N) is 1. The number of halogens is 1. The zero-order valence-electron chi connectivity index (χ0n) is 17.4. The van der Waals surface area contributed by atoms with Gasteiger partial charge in [0, 0.05) is 17.9 Å². The summed E-state index contributed by atoms with van der Waals surface area (Å²) in [6.45, 7) is 1.39. The molecule has 0 aliphatic heterocycles. The molecule has 2 atom stereocenters. The van der Waals surface area contributed by atoms with E-state index < -0.39 is 48.4 Å². The first kappa shape index (κ1) is 31.6. The maximum absolute atomic E-state index is 12.2. The van der Waals surface area contributed by atoms with E-state index in [-0.39, 0.29) is 49.1 Å². The average molecular weight is 501 g/mol. The van der Waals surface area contributed by atoms with Gasteiger partial charge in [-0.2, -0.15) is 11.8 Å². The molecule has 0 radical (unpaired) electrons. The van der Waals surface area contributed by atoms with Gasteiger partial charge in [0.25, 0.3) is 0 Å². The van der Waals surface area contributed by atoms with Crippen LogP contribution in [0.2, 0.25) is 0 Å². The number of nitrogens with one attached hydrogen (secondary N) is 2. The van der Waals surface area contributed by atoms with Crippen LogP contribution in [-0.4, -0.2) is 87.6 Å². The third-order valence-electron chi connectivity index (χ3n) is 3.68. The van der Waals surface area contributed by atoms with Crippen molar-refractivity contribution in [1.29, 1.82) is 0 Å². The molecule has 7 N–H and O–H groups in total. The summed E-state index contributed by atoms with van der Waals surface area (Å²) in [5.74, 6) is -5.07. The first-order valence-corrected chi connectivity index (χ1v) is 10.5. The number of carbonyl (C=O) groups is 5. The Kier molecular flexibility index (Phi) is 17.8. The minimum Gasteiger partial charge on any atom is -0.480 e. The summed E-state index contributed by atoms with van der Waals surface area (Å²) >= 11 is 0.962. The predicted octanol–water partition coefficient (Wildman–Crippen LogP) is -0.807. The minimum absolute atomic E-state index is 0. The summed E-state index contributed by atoms with van der Waals surface area (Å²) in [6, 6.07) is -2.43. The number of hydrogen-bond donors (Lipinski definition) is 6. The van der Waals surface area contributed by atoms with Crippen LogP contribution in [0.15, 0.2) is 5.16 Å². The van der Waals surface area contributed by atoms with E-state index in [2.05, 4.69) is 15.8 Å². The van der Waals surface area contributed by atoms with E-state index in [0.29, 0.717) is 6.42 Å². The second-order valence-corrected chi connectivity index (χ2v) is 7.30. The molecular formula is C17H29ClN4O9S. The molecule has 2 unspecified atom stereocenters. The minimum atomic E-state index is -1.29. The molecule has 0 aromatic rings. The van der Waals surface area contributed by atoms with Gasteiger partial charge >= 0.3 is 17.9 Å². The van der Waals surface area contributed by atoms with Crippen molar-refractivity contribution in [3.05, 3.63) is 0 Å². The molecule has 0 heterocycles.